The van der Waals surface area contributed by atoms with Crippen molar-refractivity contribution in [2.45, 2.75) is 58.9 Å². The van der Waals surface area contributed by atoms with E-state index >= 15 is 0 Å². The van der Waals surface area contributed by atoms with Crippen LogP contribution in [0.5, 0.6) is 17.2 Å². The summed E-state index contributed by atoms with van der Waals surface area (Å²) in [6, 6.07) is 6.48. The molecular weight excluding hydrogens is 450 g/mol. The number of rotatable bonds is 8. The first-order chi connectivity index (χ1) is 16.7. The molecule has 0 heterocycles. The highest BCUT2D eigenvalue weighted by atomic mass is 16.6. The molecule has 1 amide bonds. The number of benzene rings is 1. The number of fused-ring (bicyclic) bond motifs is 3. The summed E-state index contributed by atoms with van der Waals surface area (Å²) in [6.45, 7) is 4.92. The molecule has 35 heavy (non-hydrogen) atoms. The Kier molecular flexibility index (Phi) is 8.27. The van der Waals surface area contributed by atoms with Crippen LogP contribution in [0.4, 0.5) is 0 Å². The van der Waals surface area contributed by atoms with Crippen LogP contribution in [-0.2, 0) is 20.8 Å². The molecule has 186 valence electrons. The zero-order chi connectivity index (χ0) is 25.7. The zero-order valence-corrected chi connectivity index (χ0v) is 20.8. The van der Waals surface area contributed by atoms with Gasteiger partial charge in [-0.1, -0.05) is 19.1 Å². The standard InChI is InChI=1S/C27H31NO7/c1-6-18(30)9-12-24(32)35-23-13-17-8-11-21(28-16(3)29)20-14-22(31)15(2)7-10-19(20)25(17)27(34-5)26(23)33-4/h7,10,13-14,21H,6,8-9,11-12H2,1-5H3,(H,28,29). The van der Waals surface area contributed by atoms with E-state index in [2.05, 4.69) is 5.32 Å². The van der Waals surface area contributed by atoms with E-state index in [1.807, 2.05) is 6.07 Å². The third-order valence-corrected chi connectivity index (χ3v) is 6.13. The van der Waals surface area contributed by atoms with E-state index in [1.54, 1.807) is 32.0 Å². The maximum atomic E-state index is 12.7. The van der Waals surface area contributed by atoms with Gasteiger partial charge in [0, 0.05) is 25.3 Å². The highest BCUT2D eigenvalue weighted by Crippen LogP contribution is 2.50. The summed E-state index contributed by atoms with van der Waals surface area (Å²) in [7, 11) is 2.94. The third-order valence-electron chi connectivity index (χ3n) is 6.13. The highest BCUT2D eigenvalue weighted by Gasteiger charge is 2.30. The van der Waals surface area contributed by atoms with Gasteiger partial charge in [0.25, 0.3) is 0 Å². The highest BCUT2D eigenvalue weighted by molar-refractivity contribution is 5.86. The average Bonchev–Trinajstić information content (AvgIpc) is 3.05. The van der Waals surface area contributed by atoms with Crippen molar-refractivity contribution in [2.24, 2.45) is 0 Å². The molecule has 0 fully saturated rings. The SMILES string of the molecule is CCC(=O)CCC(=O)Oc1cc2c(c(OC)c1OC)-c1ccc(C)c(=O)cc1C(NC(C)=O)CC2. The summed E-state index contributed by atoms with van der Waals surface area (Å²) in [5, 5.41) is 2.95. The molecule has 0 radical (unpaired) electrons. The first-order valence-corrected chi connectivity index (χ1v) is 11.6. The second-order valence-electron chi connectivity index (χ2n) is 8.53. The van der Waals surface area contributed by atoms with E-state index in [9.17, 15) is 19.2 Å². The molecule has 0 saturated heterocycles. The van der Waals surface area contributed by atoms with Crippen molar-refractivity contribution in [3.63, 3.8) is 0 Å². The molecule has 0 aliphatic heterocycles. The van der Waals surface area contributed by atoms with Crippen LogP contribution in [0.15, 0.2) is 29.1 Å². The first kappa shape index (κ1) is 25.9. The van der Waals surface area contributed by atoms with Crippen LogP contribution in [0.3, 0.4) is 0 Å². The molecule has 0 aromatic heterocycles. The monoisotopic (exact) mass is 481 g/mol. The summed E-state index contributed by atoms with van der Waals surface area (Å²) in [6.07, 6.45) is 1.48. The van der Waals surface area contributed by atoms with Gasteiger partial charge in [0.1, 0.15) is 5.78 Å². The molecule has 0 saturated carbocycles. The van der Waals surface area contributed by atoms with Gasteiger partial charge < -0.3 is 19.5 Å². The minimum Gasteiger partial charge on any atom is -0.492 e. The van der Waals surface area contributed by atoms with Gasteiger partial charge in [0.05, 0.1) is 26.7 Å². The van der Waals surface area contributed by atoms with Crippen LogP contribution in [0.2, 0.25) is 0 Å². The first-order valence-electron chi connectivity index (χ1n) is 11.6. The van der Waals surface area contributed by atoms with E-state index in [0.29, 0.717) is 41.7 Å². The number of esters is 1. The van der Waals surface area contributed by atoms with E-state index < -0.39 is 12.0 Å². The van der Waals surface area contributed by atoms with Crippen molar-refractivity contribution in [1.82, 2.24) is 5.32 Å². The maximum Gasteiger partial charge on any atom is 0.311 e. The second-order valence-corrected chi connectivity index (χ2v) is 8.53. The van der Waals surface area contributed by atoms with Gasteiger partial charge in [-0.25, -0.2) is 0 Å². The quantitative estimate of drug-likeness (QED) is 0.451. The number of Topliss-reactive ketones (excluding diaryl/α,β-unsaturated/α-hetero) is 1. The topological polar surface area (TPSA) is 108 Å². The molecule has 1 unspecified atom stereocenters. The van der Waals surface area contributed by atoms with Crippen LogP contribution in [0, 0.1) is 6.92 Å². The Labute approximate surface area is 204 Å². The average molecular weight is 482 g/mol. The van der Waals surface area contributed by atoms with Crippen molar-refractivity contribution in [1.29, 1.82) is 0 Å². The minimum atomic E-state index is -0.546. The fourth-order valence-electron chi connectivity index (χ4n) is 4.30. The molecule has 1 aliphatic carbocycles. The van der Waals surface area contributed by atoms with E-state index in [-0.39, 0.29) is 41.5 Å². The van der Waals surface area contributed by atoms with E-state index in [1.165, 1.54) is 21.1 Å². The predicted octanol–water partition coefficient (Wildman–Crippen LogP) is 3.83. The molecule has 8 heteroatoms. The Bertz CT molecular complexity index is 1220. The van der Waals surface area contributed by atoms with Crippen molar-refractivity contribution >= 4 is 17.7 Å². The Hall–Kier alpha value is -3.68. The number of ether oxygens (including phenoxy) is 3. The molecule has 1 N–H and O–H groups in total. The molecule has 0 spiro atoms. The van der Waals surface area contributed by atoms with Crippen molar-refractivity contribution in [3.05, 3.63) is 51.2 Å². The Morgan fingerprint density at radius 3 is 2.40 bits per heavy atom. The zero-order valence-electron chi connectivity index (χ0n) is 20.8. The number of hydrogen-bond acceptors (Lipinski definition) is 7. The number of nitrogens with one attached hydrogen (secondary N) is 1. The van der Waals surface area contributed by atoms with Crippen LogP contribution in [0.1, 0.15) is 62.3 Å². The number of hydrogen-bond donors (Lipinski definition) is 1. The summed E-state index contributed by atoms with van der Waals surface area (Å²) in [5.74, 6) is 0.0144. The van der Waals surface area contributed by atoms with Crippen LogP contribution in [0.25, 0.3) is 11.1 Å². The van der Waals surface area contributed by atoms with Crippen LogP contribution >= 0.6 is 0 Å². The fourth-order valence-corrected chi connectivity index (χ4v) is 4.30. The van der Waals surface area contributed by atoms with Gasteiger partial charge in [-0.15, -0.1) is 0 Å². The van der Waals surface area contributed by atoms with E-state index in [0.717, 1.165) is 11.1 Å². The van der Waals surface area contributed by atoms with Crippen LogP contribution < -0.4 is 25.0 Å². The van der Waals surface area contributed by atoms with E-state index in [4.69, 9.17) is 14.2 Å². The van der Waals surface area contributed by atoms with Gasteiger partial charge in [-0.2, -0.15) is 0 Å². The minimum absolute atomic E-state index is 0.0186. The van der Waals surface area contributed by atoms with Crippen molar-refractivity contribution < 1.29 is 28.6 Å². The normalized spacial score (nSPS) is 14.1. The largest absolute Gasteiger partial charge is 0.492 e. The van der Waals surface area contributed by atoms with Gasteiger partial charge >= 0.3 is 5.97 Å². The second kappa shape index (κ2) is 11.2. The number of amides is 1. The van der Waals surface area contributed by atoms with Gasteiger partial charge in [0.15, 0.2) is 16.9 Å². The number of ketones is 1. The third kappa shape index (κ3) is 5.70. The van der Waals surface area contributed by atoms with Gasteiger partial charge in [-0.3, -0.25) is 19.2 Å². The predicted molar refractivity (Wildman–Crippen MR) is 131 cm³/mol. The Morgan fingerprint density at radius 2 is 1.77 bits per heavy atom. The molecule has 1 aliphatic rings. The molecule has 8 nitrogen and oxygen atoms in total. The van der Waals surface area contributed by atoms with Crippen molar-refractivity contribution in [2.75, 3.05) is 14.2 Å². The summed E-state index contributed by atoms with van der Waals surface area (Å²) < 4.78 is 17.0. The van der Waals surface area contributed by atoms with Crippen LogP contribution in [-0.4, -0.2) is 31.9 Å². The lowest BCUT2D eigenvalue weighted by Gasteiger charge is -2.20. The maximum absolute atomic E-state index is 12.7. The number of aryl methyl sites for hydroxylation is 2. The number of carbonyl (C=O) groups excluding carboxylic acids is 3. The molecule has 0 bridgehead atoms. The van der Waals surface area contributed by atoms with Gasteiger partial charge in [0.2, 0.25) is 11.7 Å². The van der Waals surface area contributed by atoms with Crippen molar-refractivity contribution in [3.8, 4) is 28.4 Å². The molecule has 1 atom stereocenters. The van der Waals surface area contributed by atoms with Gasteiger partial charge in [-0.05, 0) is 54.2 Å². The molecule has 2 aromatic carbocycles. The summed E-state index contributed by atoms with van der Waals surface area (Å²) >= 11 is 0. The molecule has 2 aromatic rings. The number of carbonyl (C=O) groups is 3. The lowest BCUT2D eigenvalue weighted by molar-refractivity contribution is -0.136. The number of methoxy groups -OCH3 is 2. The molecule has 3 rings (SSSR count). The summed E-state index contributed by atoms with van der Waals surface area (Å²) in [5.41, 5.74) is 3.37. The smallest absolute Gasteiger partial charge is 0.311 e. The lowest BCUT2D eigenvalue weighted by atomic mass is 9.95. The Morgan fingerprint density at radius 1 is 1.06 bits per heavy atom. The summed E-state index contributed by atoms with van der Waals surface area (Å²) in [4.78, 5) is 48.7. The lowest BCUT2D eigenvalue weighted by Crippen LogP contribution is -2.26. The Balaban J connectivity index is 2.19. The fraction of sp³-hybridized carbons (Fsp3) is 0.407. The molecular formula is C27H31NO7.